The lowest BCUT2D eigenvalue weighted by molar-refractivity contribution is -0.146. The number of carbonyl (C=O) groups excluding carboxylic acids is 3. The van der Waals surface area contributed by atoms with Crippen molar-refractivity contribution in [3.8, 4) is 0 Å². The standard InChI is InChI=1S/C31H33Cl2N3O4/c1-18(19-9-5-3-6-10-19)36-26(28(38)34-20-11-7-4-8-12-20)31-16-15-30(2,40-31)24(25(31)29(36)39)27(37)35-21-13-14-22(32)23(33)17-21/h3,5-6,9-10,13-18,20,24-26H,4,7-8,11-12H2,1-2H3,(H,34,38)(H,35,37)/t18-,24-,25+,26+,30+,31+/m1/s1. The van der Waals surface area contributed by atoms with E-state index in [1.54, 1.807) is 23.1 Å². The van der Waals surface area contributed by atoms with Crippen LogP contribution in [0.25, 0.3) is 0 Å². The number of nitrogens with zero attached hydrogens (tertiary/aromatic N) is 1. The Kier molecular flexibility index (Phi) is 6.96. The Hall–Kier alpha value is -2.87. The van der Waals surface area contributed by atoms with E-state index in [4.69, 9.17) is 27.9 Å². The van der Waals surface area contributed by atoms with Gasteiger partial charge in [0, 0.05) is 11.7 Å². The smallest absolute Gasteiger partial charge is 0.246 e. The van der Waals surface area contributed by atoms with Crippen LogP contribution in [0.1, 0.15) is 57.6 Å². The summed E-state index contributed by atoms with van der Waals surface area (Å²) in [6, 6.07) is 13.2. The Bertz CT molecular complexity index is 1380. The van der Waals surface area contributed by atoms with Crippen LogP contribution in [0.3, 0.4) is 0 Å². The Labute approximate surface area is 244 Å². The fourth-order valence-corrected chi connectivity index (χ4v) is 7.50. The minimum atomic E-state index is -1.26. The van der Waals surface area contributed by atoms with Gasteiger partial charge in [-0.3, -0.25) is 14.4 Å². The molecule has 2 saturated heterocycles. The van der Waals surface area contributed by atoms with Gasteiger partial charge in [0.15, 0.2) is 0 Å². The van der Waals surface area contributed by atoms with Gasteiger partial charge in [0.2, 0.25) is 17.7 Å². The van der Waals surface area contributed by atoms with Gasteiger partial charge in [-0.05, 0) is 50.5 Å². The third kappa shape index (κ3) is 4.34. The van der Waals surface area contributed by atoms with Crippen LogP contribution in [-0.4, -0.2) is 45.9 Å². The fraction of sp³-hybridized carbons (Fsp3) is 0.452. The van der Waals surface area contributed by atoms with Gasteiger partial charge >= 0.3 is 0 Å². The number of carbonyl (C=O) groups is 3. The molecular formula is C31H33Cl2N3O4. The van der Waals surface area contributed by atoms with E-state index >= 15 is 0 Å². The minimum absolute atomic E-state index is 0.0626. The summed E-state index contributed by atoms with van der Waals surface area (Å²) in [5.41, 5.74) is -0.932. The van der Waals surface area contributed by atoms with E-state index in [2.05, 4.69) is 10.6 Å². The summed E-state index contributed by atoms with van der Waals surface area (Å²) in [7, 11) is 0. The third-order valence-corrected chi connectivity index (χ3v) is 9.84. The molecule has 4 aliphatic rings. The normalized spacial score (nSPS) is 31.8. The Morgan fingerprint density at radius 2 is 1.73 bits per heavy atom. The molecule has 0 aromatic heterocycles. The quantitative estimate of drug-likeness (QED) is 0.429. The van der Waals surface area contributed by atoms with Crippen molar-refractivity contribution in [2.75, 3.05) is 5.32 Å². The average molecular weight is 583 g/mol. The Morgan fingerprint density at radius 1 is 1.00 bits per heavy atom. The molecule has 6 atom stereocenters. The summed E-state index contributed by atoms with van der Waals surface area (Å²) in [6.45, 7) is 3.73. The van der Waals surface area contributed by atoms with Gasteiger partial charge in [0.25, 0.3) is 0 Å². The highest BCUT2D eigenvalue weighted by atomic mass is 35.5. The number of amides is 3. The molecule has 7 nitrogen and oxygen atoms in total. The zero-order chi connectivity index (χ0) is 28.2. The van der Waals surface area contributed by atoms with Crippen molar-refractivity contribution in [2.45, 2.75) is 75.3 Å². The molecule has 3 amide bonds. The maximum absolute atomic E-state index is 14.4. The molecule has 1 spiro atoms. The highest BCUT2D eigenvalue weighted by Crippen LogP contribution is 2.61. The van der Waals surface area contributed by atoms with Crippen molar-refractivity contribution >= 4 is 46.6 Å². The molecule has 0 unspecified atom stereocenters. The van der Waals surface area contributed by atoms with Crippen molar-refractivity contribution in [2.24, 2.45) is 11.8 Å². The van der Waals surface area contributed by atoms with Crippen molar-refractivity contribution in [1.82, 2.24) is 10.2 Å². The van der Waals surface area contributed by atoms with Crippen LogP contribution < -0.4 is 10.6 Å². The maximum Gasteiger partial charge on any atom is 0.246 e. The number of anilines is 1. The maximum atomic E-state index is 14.4. The van der Waals surface area contributed by atoms with Crippen LogP contribution >= 0.6 is 23.2 Å². The van der Waals surface area contributed by atoms with E-state index in [9.17, 15) is 14.4 Å². The van der Waals surface area contributed by atoms with E-state index in [0.29, 0.717) is 15.7 Å². The lowest BCUT2D eigenvalue weighted by Gasteiger charge is -2.37. The average Bonchev–Trinajstić information content (AvgIpc) is 3.52. The molecule has 3 aliphatic heterocycles. The first-order valence-electron chi connectivity index (χ1n) is 14.0. The predicted octanol–water partition coefficient (Wildman–Crippen LogP) is 5.68. The molecule has 1 aliphatic carbocycles. The fourth-order valence-electron chi connectivity index (χ4n) is 7.20. The molecule has 6 rings (SSSR count). The van der Waals surface area contributed by atoms with Crippen LogP contribution in [0.4, 0.5) is 5.69 Å². The number of fused-ring (bicyclic) bond motifs is 1. The summed E-state index contributed by atoms with van der Waals surface area (Å²) in [6.07, 6.45) is 8.82. The van der Waals surface area contributed by atoms with Crippen LogP contribution in [-0.2, 0) is 19.1 Å². The Morgan fingerprint density at radius 3 is 2.42 bits per heavy atom. The lowest BCUT2D eigenvalue weighted by atomic mass is 9.70. The number of hydrogen-bond acceptors (Lipinski definition) is 4. The number of hydrogen-bond donors (Lipinski definition) is 2. The predicted molar refractivity (Wildman–Crippen MR) is 154 cm³/mol. The van der Waals surface area contributed by atoms with Gasteiger partial charge in [-0.2, -0.15) is 0 Å². The molecule has 9 heteroatoms. The molecule has 3 heterocycles. The Balaban J connectivity index is 1.38. The monoisotopic (exact) mass is 581 g/mol. The van der Waals surface area contributed by atoms with Gasteiger partial charge in [-0.25, -0.2) is 0 Å². The second-order valence-corrected chi connectivity index (χ2v) is 12.4. The van der Waals surface area contributed by atoms with E-state index in [-0.39, 0.29) is 23.8 Å². The summed E-state index contributed by atoms with van der Waals surface area (Å²) in [5.74, 6) is -2.57. The number of ether oxygens (including phenoxy) is 1. The number of nitrogens with one attached hydrogen (secondary N) is 2. The van der Waals surface area contributed by atoms with Crippen LogP contribution in [0.15, 0.2) is 60.7 Å². The topological polar surface area (TPSA) is 87.7 Å². The SMILES string of the molecule is C[C@H](c1ccccc1)N1C(=O)[C@@H]2[C@H](C(=O)Nc3ccc(Cl)c(Cl)c3)[C@]3(C)C=C[C@@]2(O3)[C@@H]1C(=O)NC1CCCCC1. The van der Waals surface area contributed by atoms with Gasteiger partial charge in [-0.15, -0.1) is 0 Å². The summed E-state index contributed by atoms with van der Waals surface area (Å²) < 4.78 is 6.65. The highest BCUT2D eigenvalue weighted by molar-refractivity contribution is 6.42. The molecule has 210 valence electrons. The van der Waals surface area contributed by atoms with Crippen LogP contribution in [0.2, 0.25) is 10.0 Å². The van der Waals surface area contributed by atoms with Gasteiger partial charge in [0.1, 0.15) is 11.6 Å². The molecular weight excluding hydrogens is 549 g/mol. The number of benzene rings is 2. The van der Waals surface area contributed by atoms with E-state index < -0.39 is 35.1 Å². The third-order valence-electron chi connectivity index (χ3n) is 9.10. The zero-order valence-corrected chi connectivity index (χ0v) is 24.0. The number of rotatable bonds is 6. The van der Waals surface area contributed by atoms with Crippen molar-refractivity contribution in [3.63, 3.8) is 0 Å². The minimum Gasteiger partial charge on any atom is -0.356 e. The summed E-state index contributed by atoms with van der Waals surface area (Å²) in [5, 5.41) is 6.84. The number of likely N-dealkylation sites (tertiary alicyclic amines) is 1. The molecule has 3 fully saturated rings. The van der Waals surface area contributed by atoms with Crippen molar-refractivity contribution in [3.05, 3.63) is 76.3 Å². The van der Waals surface area contributed by atoms with Gasteiger partial charge in [-0.1, -0.05) is 84.9 Å². The van der Waals surface area contributed by atoms with E-state index in [0.717, 1.165) is 37.7 Å². The van der Waals surface area contributed by atoms with Crippen LogP contribution in [0.5, 0.6) is 0 Å². The van der Waals surface area contributed by atoms with Crippen molar-refractivity contribution < 1.29 is 19.1 Å². The molecule has 2 bridgehead atoms. The molecule has 2 aromatic rings. The second-order valence-electron chi connectivity index (χ2n) is 11.6. The second kappa shape index (κ2) is 10.2. The lowest BCUT2D eigenvalue weighted by Crippen LogP contribution is -2.57. The molecule has 2 N–H and O–H groups in total. The van der Waals surface area contributed by atoms with Crippen molar-refractivity contribution in [1.29, 1.82) is 0 Å². The highest BCUT2D eigenvalue weighted by Gasteiger charge is 2.76. The summed E-state index contributed by atoms with van der Waals surface area (Å²) >= 11 is 12.2. The first-order chi connectivity index (χ1) is 19.1. The zero-order valence-electron chi connectivity index (χ0n) is 22.5. The molecule has 0 radical (unpaired) electrons. The van der Waals surface area contributed by atoms with E-state index in [1.807, 2.05) is 56.3 Å². The van der Waals surface area contributed by atoms with Crippen LogP contribution in [0, 0.1) is 11.8 Å². The van der Waals surface area contributed by atoms with Gasteiger partial charge < -0.3 is 20.3 Å². The number of halogens is 2. The molecule has 1 saturated carbocycles. The summed E-state index contributed by atoms with van der Waals surface area (Å²) in [4.78, 5) is 44.0. The van der Waals surface area contributed by atoms with E-state index in [1.165, 1.54) is 0 Å². The molecule has 2 aromatic carbocycles. The first-order valence-corrected chi connectivity index (χ1v) is 14.7. The van der Waals surface area contributed by atoms with Gasteiger partial charge in [0.05, 0.1) is 33.5 Å². The largest absolute Gasteiger partial charge is 0.356 e. The first kappa shape index (κ1) is 27.3. The molecule has 40 heavy (non-hydrogen) atoms.